The van der Waals surface area contributed by atoms with Crippen LogP contribution in [-0.4, -0.2) is 37.2 Å². The molecular weight excluding hydrogens is 159 g/mol. The quantitative estimate of drug-likeness (QED) is 0.665. The highest BCUT2D eigenvalue weighted by molar-refractivity contribution is 5.74. The Morgan fingerprint density at radius 3 is 3.00 bits per heavy atom. The van der Waals surface area contributed by atoms with E-state index < -0.39 is 6.67 Å². The molecule has 70 valence electrons. The molecule has 0 spiro atoms. The molecule has 3 nitrogen and oxygen atoms in total. The van der Waals surface area contributed by atoms with Crippen molar-refractivity contribution < 1.29 is 9.18 Å². The predicted molar refractivity (Wildman–Crippen MR) is 44.7 cm³/mol. The van der Waals surface area contributed by atoms with Crippen LogP contribution in [0.25, 0.3) is 0 Å². The fourth-order valence-electron chi connectivity index (χ4n) is 1.39. The topological polar surface area (TPSA) is 32.3 Å². The van der Waals surface area contributed by atoms with Crippen LogP contribution in [0.3, 0.4) is 0 Å². The van der Waals surface area contributed by atoms with Crippen molar-refractivity contribution in [2.75, 3.05) is 26.3 Å². The summed E-state index contributed by atoms with van der Waals surface area (Å²) in [6, 6.07) is -0.128. The van der Waals surface area contributed by atoms with Crippen LogP contribution >= 0.6 is 0 Å². The Bertz CT molecular complexity index is 163. The van der Waals surface area contributed by atoms with Gasteiger partial charge in [0.15, 0.2) is 0 Å². The van der Waals surface area contributed by atoms with Crippen molar-refractivity contribution in [2.24, 2.45) is 5.92 Å². The second kappa shape index (κ2) is 4.28. The van der Waals surface area contributed by atoms with Crippen molar-refractivity contribution in [3.05, 3.63) is 0 Å². The summed E-state index contributed by atoms with van der Waals surface area (Å²) in [4.78, 5) is 12.9. The van der Waals surface area contributed by atoms with Crippen LogP contribution in [0.2, 0.25) is 0 Å². The molecular formula is C8H15FN2O. The van der Waals surface area contributed by atoms with Gasteiger partial charge in [0.25, 0.3) is 0 Å². The van der Waals surface area contributed by atoms with Gasteiger partial charge in [-0.05, 0) is 12.3 Å². The molecule has 4 heteroatoms. The van der Waals surface area contributed by atoms with E-state index in [2.05, 4.69) is 12.2 Å². The lowest BCUT2D eigenvalue weighted by atomic mass is 10.2. The molecule has 1 fully saturated rings. The number of urea groups is 1. The number of carbonyl (C=O) groups excluding carboxylic acids is 1. The molecule has 0 radical (unpaired) electrons. The molecule has 1 aliphatic rings. The van der Waals surface area contributed by atoms with Crippen LogP contribution in [0.15, 0.2) is 0 Å². The van der Waals surface area contributed by atoms with Crippen LogP contribution in [0, 0.1) is 5.92 Å². The highest BCUT2D eigenvalue weighted by Gasteiger charge is 2.22. The first-order chi connectivity index (χ1) is 5.74. The Morgan fingerprint density at radius 2 is 2.50 bits per heavy atom. The van der Waals surface area contributed by atoms with Crippen molar-refractivity contribution in [3.8, 4) is 0 Å². The number of nitrogens with one attached hydrogen (secondary N) is 1. The Balaban J connectivity index is 2.23. The Morgan fingerprint density at radius 1 is 1.75 bits per heavy atom. The number of nitrogens with zero attached hydrogens (tertiary/aromatic N) is 1. The molecule has 1 atom stereocenters. The lowest BCUT2D eigenvalue weighted by Crippen LogP contribution is -2.39. The Hall–Kier alpha value is -0.800. The molecule has 12 heavy (non-hydrogen) atoms. The summed E-state index contributed by atoms with van der Waals surface area (Å²) in [7, 11) is 0. The van der Waals surface area contributed by atoms with E-state index in [-0.39, 0.29) is 12.6 Å². The molecule has 0 saturated carbocycles. The van der Waals surface area contributed by atoms with Gasteiger partial charge in [-0.2, -0.15) is 0 Å². The highest BCUT2D eigenvalue weighted by atomic mass is 19.1. The summed E-state index contributed by atoms with van der Waals surface area (Å²) in [6.07, 6.45) is 1.06. The average molecular weight is 174 g/mol. The van der Waals surface area contributed by atoms with E-state index in [1.54, 1.807) is 4.90 Å². The predicted octanol–water partition coefficient (Wildman–Crippen LogP) is 1.01. The number of hydrogen-bond donors (Lipinski definition) is 1. The summed E-state index contributed by atoms with van der Waals surface area (Å²) >= 11 is 0. The van der Waals surface area contributed by atoms with Gasteiger partial charge in [0, 0.05) is 19.6 Å². The van der Waals surface area contributed by atoms with Crippen LogP contribution in [-0.2, 0) is 0 Å². The second-order valence-electron chi connectivity index (χ2n) is 3.26. The lowest BCUT2D eigenvalue weighted by Gasteiger charge is -2.15. The Labute approximate surface area is 71.9 Å². The maximum atomic E-state index is 11.7. The van der Waals surface area contributed by atoms with Gasteiger partial charge >= 0.3 is 6.03 Å². The fourth-order valence-corrected chi connectivity index (χ4v) is 1.39. The molecule has 0 aromatic rings. The van der Waals surface area contributed by atoms with Gasteiger partial charge in [-0.1, -0.05) is 6.92 Å². The molecule has 1 rings (SSSR count). The van der Waals surface area contributed by atoms with E-state index in [0.29, 0.717) is 5.92 Å². The minimum atomic E-state index is -0.491. The number of likely N-dealkylation sites (tertiary alicyclic amines) is 1. The van der Waals surface area contributed by atoms with Gasteiger partial charge in [0.2, 0.25) is 0 Å². The van der Waals surface area contributed by atoms with Crippen LogP contribution in [0.5, 0.6) is 0 Å². The SMILES string of the molecule is CC1CCN(C(=O)NCCF)C1. The van der Waals surface area contributed by atoms with E-state index in [1.165, 1.54) is 0 Å². The summed E-state index contributed by atoms with van der Waals surface area (Å²) in [5.74, 6) is 0.584. The third kappa shape index (κ3) is 2.36. The molecule has 1 aliphatic heterocycles. The van der Waals surface area contributed by atoms with Gasteiger partial charge in [-0.15, -0.1) is 0 Å². The number of alkyl halides is 1. The second-order valence-corrected chi connectivity index (χ2v) is 3.26. The summed E-state index contributed by atoms with van der Waals surface area (Å²) < 4.78 is 11.7. The summed E-state index contributed by atoms with van der Waals surface area (Å²) in [5, 5.41) is 2.51. The van der Waals surface area contributed by atoms with E-state index >= 15 is 0 Å². The first kappa shape index (κ1) is 9.29. The van der Waals surface area contributed by atoms with E-state index in [9.17, 15) is 9.18 Å². The average Bonchev–Trinajstić information content (AvgIpc) is 2.47. The molecule has 1 heterocycles. The zero-order chi connectivity index (χ0) is 8.97. The van der Waals surface area contributed by atoms with Gasteiger partial charge in [-0.3, -0.25) is 0 Å². The molecule has 2 amide bonds. The van der Waals surface area contributed by atoms with Gasteiger partial charge in [0.1, 0.15) is 6.67 Å². The molecule has 0 aromatic heterocycles. The zero-order valence-electron chi connectivity index (χ0n) is 7.35. The van der Waals surface area contributed by atoms with Crippen molar-refractivity contribution >= 4 is 6.03 Å². The standard InChI is InChI=1S/C8H15FN2O/c1-7-2-5-11(6-7)8(12)10-4-3-9/h7H,2-6H2,1H3,(H,10,12). The number of amides is 2. The van der Waals surface area contributed by atoms with E-state index in [1.807, 2.05) is 0 Å². The molecule has 0 aliphatic carbocycles. The van der Waals surface area contributed by atoms with Gasteiger partial charge in [0.05, 0.1) is 0 Å². The van der Waals surface area contributed by atoms with Crippen LogP contribution < -0.4 is 5.32 Å². The van der Waals surface area contributed by atoms with Crippen LogP contribution in [0.1, 0.15) is 13.3 Å². The van der Waals surface area contributed by atoms with Crippen molar-refractivity contribution in [3.63, 3.8) is 0 Å². The Kier molecular flexibility index (Phi) is 3.31. The first-order valence-electron chi connectivity index (χ1n) is 4.32. The normalized spacial score (nSPS) is 22.8. The third-order valence-corrected chi connectivity index (χ3v) is 2.08. The lowest BCUT2D eigenvalue weighted by molar-refractivity contribution is 0.206. The number of rotatable bonds is 2. The van der Waals surface area contributed by atoms with Crippen molar-refractivity contribution in [2.45, 2.75) is 13.3 Å². The highest BCUT2D eigenvalue weighted by Crippen LogP contribution is 2.14. The van der Waals surface area contributed by atoms with Gasteiger partial charge < -0.3 is 10.2 Å². The minimum absolute atomic E-state index is 0.128. The molecule has 0 aromatic carbocycles. The number of hydrogen-bond acceptors (Lipinski definition) is 1. The van der Waals surface area contributed by atoms with Crippen molar-refractivity contribution in [1.82, 2.24) is 10.2 Å². The van der Waals surface area contributed by atoms with Crippen molar-refractivity contribution in [1.29, 1.82) is 0 Å². The minimum Gasteiger partial charge on any atom is -0.335 e. The maximum Gasteiger partial charge on any atom is 0.317 e. The van der Waals surface area contributed by atoms with Gasteiger partial charge in [-0.25, -0.2) is 9.18 Å². The number of carbonyl (C=O) groups is 1. The summed E-state index contributed by atoms with van der Waals surface area (Å²) in [5.41, 5.74) is 0. The smallest absolute Gasteiger partial charge is 0.317 e. The van der Waals surface area contributed by atoms with E-state index in [4.69, 9.17) is 0 Å². The maximum absolute atomic E-state index is 11.7. The summed E-state index contributed by atoms with van der Waals surface area (Å²) in [6.45, 7) is 3.36. The van der Waals surface area contributed by atoms with Crippen LogP contribution in [0.4, 0.5) is 9.18 Å². The molecule has 1 saturated heterocycles. The number of halogens is 1. The first-order valence-corrected chi connectivity index (χ1v) is 4.32. The monoisotopic (exact) mass is 174 g/mol. The zero-order valence-corrected chi connectivity index (χ0v) is 7.35. The largest absolute Gasteiger partial charge is 0.335 e. The molecule has 1 N–H and O–H groups in total. The van der Waals surface area contributed by atoms with E-state index in [0.717, 1.165) is 19.5 Å². The third-order valence-electron chi connectivity index (χ3n) is 2.08. The molecule has 0 bridgehead atoms. The fraction of sp³-hybridized carbons (Fsp3) is 0.875. The molecule has 1 unspecified atom stereocenters.